The van der Waals surface area contributed by atoms with Crippen LogP contribution in [-0.2, 0) is 6.54 Å². The lowest BCUT2D eigenvalue weighted by molar-refractivity contribution is 0.122. The third kappa shape index (κ3) is 2.69. The van der Waals surface area contributed by atoms with Crippen molar-refractivity contribution in [1.29, 1.82) is 0 Å². The van der Waals surface area contributed by atoms with Gasteiger partial charge in [-0.3, -0.25) is 4.90 Å². The Hall–Kier alpha value is -1.66. The zero-order chi connectivity index (χ0) is 13.1. The van der Waals surface area contributed by atoms with Gasteiger partial charge in [0.05, 0.1) is 12.8 Å². The Balaban J connectivity index is 1.68. The van der Waals surface area contributed by atoms with Crippen LogP contribution in [0, 0.1) is 0 Å². The third-order valence-corrected chi connectivity index (χ3v) is 3.34. The van der Waals surface area contributed by atoms with Gasteiger partial charge in [-0.25, -0.2) is 0 Å². The van der Waals surface area contributed by atoms with Gasteiger partial charge in [0, 0.05) is 19.1 Å². The van der Waals surface area contributed by atoms with Crippen LogP contribution in [0.4, 0.5) is 0 Å². The van der Waals surface area contributed by atoms with E-state index in [4.69, 9.17) is 8.94 Å². The highest BCUT2D eigenvalue weighted by Gasteiger charge is 2.25. The van der Waals surface area contributed by atoms with Crippen LogP contribution in [0.25, 0.3) is 11.6 Å². The van der Waals surface area contributed by atoms with Crippen LogP contribution in [0.15, 0.2) is 27.3 Å². The number of furan rings is 1. The minimum Gasteiger partial charge on any atom is -0.461 e. The van der Waals surface area contributed by atoms with E-state index in [1.54, 1.807) is 6.26 Å². The SMILES string of the molecule is CCCN(Cc1nc(-c2ccco2)no1)C1CNC1. The zero-order valence-electron chi connectivity index (χ0n) is 11.0. The minimum atomic E-state index is 0.517. The van der Waals surface area contributed by atoms with E-state index in [-0.39, 0.29) is 0 Å². The predicted molar refractivity (Wildman–Crippen MR) is 69.4 cm³/mol. The van der Waals surface area contributed by atoms with Gasteiger partial charge < -0.3 is 14.3 Å². The quantitative estimate of drug-likeness (QED) is 0.851. The highest BCUT2D eigenvalue weighted by molar-refractivity contribution is 5.44. The second-order valence-electron chi connectivity index (χ2n) is 4.77. The Morgan fingerprint density at radius 2 is 2.37 bits per heavy atom. The van der Waals surface area contributed by atoms with Gasteiger partial charge in [0.25, 0.3) is 0 Å². The van der Waals surface area contributed by atoms with E-state index in [0.717, 1.165) is 26.1 Å². The lowest BCUT2D eigenvalue weighted by Crippen LogP contribution is -2.57. The molecule has 1 saturated heterocycles. The summed E-state index contributed by atoms with van der Waals surface area (Å²) in [6.07, 6.45) is 2.73. The molecule has 19 heavy (non-hydrogen) atoms. The van der Waals surface area contributed by atoms with Crippen LogP contribution in [0.3, 0.4) is 0 Å². The molecule has 1 N–H and O–H groups in total. The molecule has 0 saturated carbocycles. The van der Waals surface area contributed by atoms with Crippen molar-refractivity contribution in [3.05, 3.63) is 24.3 Å². The largest absolute Gasteiger partial charge is 0.461 e. The van der Waals surface area contributed by atoms with Gasteiger partial charge in [0.1, 0.15) is 0 Å². The standard InChI is InChI=1S/C13H18N4O2/c1-2-5-17(10-7-14-8-10)9-12-15-13(16-19-12)11-4-3-6-18-11/h3-4,6,10,14H,2,5,7-9H2,1H3. The van der Waals surface area contributed by atoms with Gasteiger partial charge in [-0.2, -0.15) is 4.98 Å². The molecule has 0 amide bonds. The average Bonchev–Trinajstić information content (AvgIpc) is 2.95. The van der Waals surface area contributed by atoms with E-state index in [0.29, 0.717) is 30.1 Å². The van der Waals surface area contributed by atoms with Gasteiger partial charge in [0.15, 0.2) is 5.76 Å². The highest BCUT2D eigenvalue weighted by atomic mass is 16.5. The number of rotatable bonds is 6. The summed E-state index contributed by atoms with van der Waals surface area (Å²) in [5.74, 6) is 1.80. The van der Waals surface area contributed by atoms with E-state index < -0.39 is 0 Å². The van der Waals surface area contributed by atoms with Gasteiger partial charge in [-0.1, -0.05) is 12.1 Å². The number of nitrogens with zero attached hydrogens (tertiary/aromatic N) is 3. The number of hydrogen-bond acceptors (Lipinski definition) is 6. The lowest BCUT2D eigenvalue weighted by Gasteiger charge is -2.37. The molecule has 0 aliphatic carbocycles. The van der Waals surface area contributed by atoms with E-state index in [2.05, 4.69) is 27.3 Å². The number of nitrogens with one attached hydrogen (secondary N) is 1. The summed E-state index contributed by atoms with van der Waals surface area (Å²) in [7, 11) is 0. The summed E-state index contributed by atoms with van der Waals surface area (Å²) in [4.78, 5) is 6.77. The van der Waals surface area contributed by atoms with Crippen molar-refractivity contribution >= 4 is 0 Å². The van der Waals surface area contributed by atoms with Crippen molar-refractivity contribution < 1.29 is 8.94 Å². The molecular formula is C13H18N4O2. The van der Waals surface area contributed by atoms with Crippen molar-refractivity contribution in [1.82, 2.24) is 20.4 Å². The van der Waals surface area contributed by atoms with Crippen LogP contribution in [0.2, 0.25) is 0 Å². The molecule has 3 heterocycles. The van der Waals surface area contributed by atoms with Gasteiger partial charge >= 0.3 is 0 Å². The summed E-state index contributed by atoms with van der Waals surface area (Å²) >= 11 is 0. The first-order valence-electron chi connectivity index (χ1n) is 6.68. The minimum absolute atomic E-state index is 0.517. The first-order chi connectivity index (χ1) is 9.36. The van der Waals surface area contributed by atoms with Crippen molar-refractivity contribution in [2.45, 2.75) is 25.9 Å². The fraction of sp³-hybridized carbons (Fsp3) is 0.538. The zero-order valence-corrected chi connectivity index (χ0v) is 11.0. The van der Waals surface area contributed by atoms with E-state index in [1.807, 2.05) is 12.1 Å². The molecule has 0 aromatic carbocycles. The molecule has 0 bridgehead atoms. The highest BCUT2D eigenvalue weighted by Crippen LogP contribution is 2.17. The molecule has 0 atom stereocenters. The second kappa shape index (κ2) is 5.54. The molecular weight excluding hydrogens is 244 g/mol. The van der Waals surface area contributed by atoms with Crippen LogP contribution in [0.1, 0.15) is 19.2 Å². The summed E-state index contributed by atoms with van der Waals surface area (Å²) in [6, 6.07) is 4.22. The topological polar surface area (TPSA) is 67.3 Å². The molecule has 6 heteroatoms. The molecule has 6 nitrogen and oxygen atoms in total. The van der Waals surface area contributed by atoms with Gasteiger partial charge in [-0.15, -0.1) is 0 Å². The van der Waals surface area contributed by atoms with Gasteiger partial charge in [0.2, 0.25) is 11.7 Å². The Bertz CT molecular complexity index is 504. The maximum absolute atomic E-state index is 5.30. The second-order valence-corrected chi connectivity index (χ2v) is 4.77. The third-order valence-electron chi connectivity index (χ3n) is 3.34. The number of aromatic nitrogens is 2. The van der Waals surface area contributed by atoms with Crippen LogP contribution >= 0.6 is 0 Å². The monoisotopic (exact) mass is 262 g/mol. The Labute approximate surface area is 111 Å². The maximum Gasteiger partial charge on any atom is 0.241 e. The molecule has 2 aromatic rings. The van der Waals surface area contributed by atoms with Gasteiger partial charge in [-0.05, 0) is 25.1 Å². The molecule has 102 valence electrons. The van der Waals surface area contributed by atoms with Crippen LogP contribution in [-0.4, -0.2) is 40.7 Å². The van der Waals surface area contributed by atoms with Crippen LogP contribution < -0.4 is 5.32 Å². The summed E-state index contributed by atoms with van der Waals surface area (Å²) in [6.45, 7) is 6.01. The smallest absolute Gasteiger partial charge is 0.241 e. The summed E-state index contributed by atoms with van der Waals surface area (Å²) in [5, 5.41) is 7.24. The summed E-state index contributed by atoms with van der Waals surface area (Å²) in [5.41, 5.74) is 0. The molecule has 0 spiro atoms. The van der Waals surface area contributed by atoms with Crippen molar-refractivity contribution in [3.8, 4) is 11.6 Å². The lowest BCUT2D eigenvalue weighted by atomic mass is 10.1. The molecule has 1 aliphatic heterocycles. The molecule has 1 fully saturated rings. The maximum atomic E-state index is 5.30. The van der Waals surface area contributed by atoms with Crippen LogP contribution in [0.5, 0.6) is 0 Å². The molecule has 0 unspecified atom stereocenters. The van der Waals surface area contributed by atoms with Crippen molar-refractivity contribution in [2.75, 3.05) is 19.6 Å². The van der Waals surface area contributed by atoms with Crippen molar-refractivity contribution in [2.24, 2.45) is 0 Å². The predicted octanol–water partition coefficient (Wildman–Crippen LogP) is 1.51. The first kappa shape index (κ1) is 12.4. The van der Waals surface area contributed by atoms with E-state index in [1.165, 1.54) is 0 Å². The van der Waals surface area contributed by atoms with E-state index >= 15 is 0 Å². The molecule has 1 aliphatic rings. The number of hydrogen-bond donors (Lipinski definition) is 1. The Morgan fingerprint density at radius 3 is 3.00 bits per heavy atom. The molecule has 2 aromatic heterocycles. The first-order valence-corrected chi connectivity index (χ1v) is 6.68. The summed E-state index contributed by atoms with van der Waals surface area (Å²) < 4.78 is 10.6. The Morgan fingerprint density at radius 1 is 1.47 bits per heavy atom. The fourth-order valence-corrected chi connectivity index (χ4v) is 2.21. The normalized spacial score (nSPS) is 15.9. The molecule has 0 radical (unpaired) electrons. The van der Waals surface area contributed by atoms with Crippen molar-refractivity contribution in [3.63, 3.8) is 0 Å². The fourth-order valence-electron chi connectivity index (χ4n) is 2.21. The Kier molecular flexibility index (Phi) is 3.61. The average molecular weight is 262 g/mol. The van der Waals surface area contributed by atoms with E-state index in [9.17, 15) is 0 Å². The molecule has 3 rings (SSSR count).